The molecule has 2 aromatic rings. The van der Waals surface area contributed by atoms with Crippen LogP contribution in [0.4, 0.5) is 0 Å². The predicted molar refractivity (Wildman–Crippen MR) is 64.9 cm³/mol. The molecule has 0 fully saturated rings. The zero-order chi connectivity index (χ0) is 12.3. The Hall–Kier alpha value is -1.81. The van der Waals surface area contributed by atoms with E-state index in [1.54, 1.807) is 18.4 Å². The quantitative estimate of drug-likeness (QED) is 0.848. The second-order valence-corrected chi connectivity index (χ2v) is 4.02. The van der Waals surface area contributed by atoms with Crippen molar-refractivity contribution in [1.29, 1.82) is 0 Å². The number of nitrogens with one attached hydrogen (secondary N) is 1. The van der Waals surface area contributed by atoms with E-state index in [2.05, 4.69) is 10.3 Å². The van der Waals surface area contributed by atoms with Crippen LogP contribution in [0.15, 0.2) is 34.9 Å². The number of aromatic hydroxyl groups is 1. The van der Waals surface area contributed by atoms with Crippen LogP contribution in [0.25, 0.3) is 0 Å². The molecule has 2 rings (SSSR count). The molecule has 0 aliphatic carbocycles. The number of phenolic OH excluding ortho intramolecular Hbond substituents is 1. The molecule has 1 atom stereocenters. The minimum atomic E-state index is 0.177. The summed E-state index contributed by atoms with van der Waals surface area (Å²) < 4.78 is 5.40. The molecule has 0 radical (unpaired) electrons. The first-order valence-electron chi connectivity index (χ1n) is 5.58. The van der Waals surface area contributed by atoms with E-state index >= 15 is 0 Å². The van der Waals surface area contributed by atoms with Crippen LogP contribution in [0.5, 0.6) is 5.75 Å². The Morgan fingerprint density at radius 3 is 3.00 bits per heavy atom. The van der Waals surface area contributed by atoms with Crippen molar-refractivity contribution >= 4 is 0 Å². The molecule has 4 heteroatoms. The maximum absolute atomic E-state index is 9.36. The van der Waals surface area contributed by atoms with Gasteiger partial charge in [0.15, 0.2) is 5.89 Å². The molecule has 1 aromatic heterocycles. The van der Waals surface area contributed by atoms with Crippen LogP contribution in [0.2, 0.25) is 0 Å². The lowest BCUT2D eigenvalue weighted by Crippen LogP contribution is -2.12. The Bertz CT molecular complexity index is 494. The fraction of sp³-hybridized carbons (Fsp3) is 0.308. The van der Waals surface area contributed by atoms with Crippen molar-refractivity contribution in [1.82, 2.24) is 10.3 Å². The van der Waals surface area contributed by atoms with E-state index in [9.17, 15) is 5.11 Å². The summed E-state index contributed by atoms with van der Waals surface area (Å²) in [5, 5.41) is 12.5. The maximum atomic E-state index is 9.36. The molecule has 1 unspecified atom stereocenters. The van der Waals surface area contributed by atoms with E-state index in [1.807, 2.05) is 26.1 Å². The highest BCUT2D eigenvalue weighted by Crippen LogP contribution is 2.17. The van der Waals surface area contributed by atoms with E-state index in [4.69, 9.17) is 4.42 Å². The molecule has 0 spiro atoms. The van der Waals surface area contributed by atoms with Gasteiger partial charge in [0.1, 0.15) is 12.0 Å². The Balaban J connectivity index is 2.11. The van der Waals surface area contributed by atoms with Gasteiger partial charge in [-0.25, -0.2) is 4.98 Å². The Morgan fingerprint density at radius 2 is 2.29 bits per heavy atom. The highest BCUT2D eigenvalue weighted by atomic mass is 16.3. The van der Waals surface area contributed by atoms with Gasteiger partial charge in [0.2, 0.25) is 0 Å². The molecule has 4 nitrogen and oxygen atoms in total. The van der Waals surface area contributed by atoms with Crippen molar-refractivity contribution in [3.05, 3.63) is 47.7 Å². The predicted octanol–water partition coefficient (Wildman–Crippen LogP) is 2.25. The fourth-order valence-electron chi connectivity index (χ4n) is 1.59. The van der Waals surface area contributed by atoms with Crippen LogP contribution in [-0.4, -0.2) is 17.1 Å². The van der Waals surface area contributed by atoms with Gasteiger partial charge < -0.3 is 14.8 Å². The van der Waals surface area contributed by atoms with E-state index in [-0.39, 0.29) is 11.8 Å². The maximum Gasteiger partial charge on any atom is 0.198 e. The van der Waals surface area contributed by atoms with Crippen LogP contribution in [-0.2, 0) is 6.42 Å². The highest BCUT2D eigenvalue weighted by molar-refractivity contribution is 5.28. The Morgan fingerprint density at radius 1 is 1.47 bits per heavy atom. The first-order valence-corrected chi connectivity index (χ1v) is 5.58. The summed E-state index contributed by atoms with van der Waals surface area (Å²) in [6, 6.07) is 7.28. The number of aromatic nitrogens is 1. The van der Waals surface area contributed by atoms with Crippen LogP contribution in [0.3, 0.4) is 0 Å². The van der Waals surface area contributed by atoms with Crippen LogP contribution < -0.4 is 5.32 Å². The van der Waals surface area contributed by atoms with Gasteiger partial charge in [-0.2, -0.15) is 0 Å². The minimum absolute atomic E-state index is 0.177. The molecule has 1 heterocycles. The molecule has 0 aliphatic rings. The van der Waals surface area contributed by atoms with E-state index in [1.165, 1.54) is 0 Å². The number of hydrogen-bond donors (Lipinski definition) is 2. The number of phenols is 1. The Labute approximate surface area is 100 Å². The summed E-state index contributed by atoms with van der Waals surface area (Å²) in [7, 11) is 1.88. The molecule has 0 saturated carbocycles. The van der Waals surface area contributed by atoms with Crippen LogP contribution in [0.1, 0.15) is 30.1 Å². The molecule has 0 saturated heterocycles. The molecular weight excluding hydrogens is 216 g/mol. The Kier molecular flexibility index (Phi) is 3.44. The molecule has 0 aliphatic heterocycles. The largest absolute Gasteiger partial charge is 0.508 e. The summed E-state index contributed by atoms with van der Waals surface area (Å²) in [5.74, 6) is 0.922. The number of rotatable bonds is 4. The second kappa shape index (κ2) is 5.01. The van der Waals surface area contributed by atoms with Crippen LogP contribution in [0, 0.1) is 0 Å². The number of hydrogen-bond acceptors (Lipinski definition) is 4. The van der Waals surface area contributed by atoms with Gasteiger partial charge in [-0.05, 0) is 31.7 Å². The monoisotopic (exact) mass is 232 g/mol. The average Bonchev–Trinajstić information content (AvgIpc) is 2.76. The van der Waals surface area contributed by atoms with Crippen molar-refractivity contribution in [2.75, 3.05) is 7.05 Å². The van der Waals surface area contributed by atoms with Crippen molar-refractivity contribution < 1.29 is 9.52 Å². The van der Waals surface area contributed by atoms with Gasteiger partial charge in [0, 0.05) is 12.5 Å². The molecule has 90 valence electrons. The zero-order valence-corrected chi connectivity index (χ0v) is 9.97. The molecule has 17 heavy (non-hydrogen) atoms. The smallest absolute Gasteiger partial charge is 0.198 e. The third-order valence-corrected chi connectivity index (χ3v) is 2.71. The van der Waals surface area contributed by atoms with Gasteiger partial charge in [0.05, 0.1) is 5.69 Å². The lowest BCUT2D eigenvalue weighted by Gasteiger charge is -2.03. The average molecular weight is 232 g/mol. The number of nitrogens with zero attached hydrogens (tertiary/aromatic N) is 1. The van der Waals surface area contributed by atoms with E-state index in [0.717, 1.165) is 11.3 Å². The number of oxazole rings is 1. The van der Waals surface area contributed by atoms with Gasteiger partial charge in [-0.15, -0.1) is 0 Å². The lowest BCUT2D eigenvalue weighted by molar-refractivity contribution is 0.473. The van der Waals surface area contributed by atoms with Crippen molar-refractivity contribution in [2.24, 2.45) is 0 Å². The minimum Gasteiger partial charge on any atom is -0.508 e. The van der Waals surface area contributed by atoms with Crippen molar-refractivity contribution in [3.8, 4) is 5.75 Å². The standard InChI is InChI=1S/C13H16N2O2/c1-9(14-2)12-8-17-13(15-12)7-10-4-3-5-11(16)6-10/h3-6,8-9,14,16H,7H2,1-2H3. The highest BCUT2D eigenvalue weighted by Gasteiger charge is 2.09. The molecule has 0 amide bonds. The van der Waals surface area contributed by atoms with Gasteiger partial charge >= 0.3 is 0 Å². The molecule has 1 aromatic carbocycles. The van der Waals surface area contributed by atoms with Gasteiger partial charge in [-0.1, -0.05) is 12.1 Å². The van der Waals surface area contributed by atoms with E-state index < -0.39 is 0 Å². The molecular formula is C13H16N2O2. The third-order valence-electron chi connectivity index (χ3n) is 2.71. The first kappa shape index (κ1) is 11.7. The normalized spacial score (nSPS) is 12.6. The topological polar surface area (TPSA) is 58.3 Å². The van der Waals surface area contributed by atoms with E-state index in [0.29, 0.717) is 12.3 Å². The summed E-state index contributed by atoms with van der Waals surface area (Å²) in [6.45, 7) is 2.02. The SMILES string of the molecule is CNC(C)c1coc(Cc2cccc(O)c2)n1. The summed E-state index contributed by atoms with van der Waals surface area (Å²) in [4.78, 5) is 4.40. The second-order valence-electron chi connectivity index (χ2n) is 4.02. The van der Waals surface area contributed by atoms with Gasteiger partial charge in [0.25, 0.3) is 0 Å². The number of benzene rings is 1. The molecule has 0 bridgehead atoms. The van der Waals surface area contributed by atoms with Crippen LogP contribution >= 0.6 is 0 Å². The first-order chi connectivity index (χ1) is 8.19. The van der Waals surface area contributed by atoms with Crippen molar-refractivity contribution in [2.45, 2.75) is 19.4 Å². The zero-order valence-electron chi connectivity index (χ0n) is 9.97. The molecule has 2 N–H and O–H groups in total. The lowest BCUT2D eigenvalue weighted by atomic mass is 10.1. The summed E-state index contributed by atoms with van der Waals surface area (Å²) in [6.07, 6.45) is 2.25. The summed E-state index contributed by atoms with van der Waals surface area (Å²) >= 11 is 0. The van der Waals surface area contributed by atoms with Crippen molar-refractivity contribution in [3.63, 3.8) is 0 Å². The van der Waals surface area contributed by atoms with Gasteiger partial charge in [-0.3, -0.25) is 0 Å². The summed E-state index contributed by atoms with van der Waals surface area (Å²) in [5.41, 5.74) is 1.87. The fourth-order valence-corrected chi connectivity index (χ4v) is 1.59. The third kappa shape index (κ3) is 2.85.